The van der Waals surface area contributed by atoms with E-state index in [9.17, 15) is 0 Å². The van der Waals surface area contributed by atoms with E-state index in [1.807, 2.05) is 0 Å². The Kier molecular flexibility index (Phi) is 4.48. The Balaban J connectivity index is 2.32. The maximum atomic E-state index is 6.02. The van der Waals surface area contributed by atoms with Crippen molar-refractivity contribution in [3.8, 4) is 0 Å². The molecular weight excluding hydrogens is 234 g/mol. The van der Waals surface area contributed by atoms with Crippen LogP contribution in [0.3, 0.4) is 0 Å². The summed E-state index contributed by atoms with van der Waals surface area (Å²) in [5.74, 6) is 0.669. The molecule has 2 unspecified atom stereocenters. The van der Waals surface area contributed by atoms with Gasteiger partial charge in [-0.15, -0.1) is 0 Å². The lowest BCUT2D eigenvalue weighted by Gasteiger charge is -2.33. The Hall–Kier alpha value is -1.06. The Bertz CT molecular complexity index is 410. The number of hydrogen-bond acceptors (Lipinski definition) is 3. The van der Waals surface area contributed by atoms with Crippen LogP contribution in [0.25, 0.3) is 0 Å². The first-order valence-corrected chi connectivity index (χ1v) is 7.23. The summed E-state index contributed by atoms with van der Waals surface area (Å²) in [4.78, 5) is 4.92. The SMILES string of the molecule is Cc1cc(C)cc(N2CC(C)CN(C)CC2CN)c1. The van der Waals surface area contributed by atoms with Crippen molar-refractivity contribution in [3.05, 3.63) is 29.3 Å². The topological polar surface area (TPSA) is 32.5 Å². The number of aryl methyl sites for hydroxylation is 2. The average molecular weight is 261 g/mol. The normalized spacial score (nSPS) is 25.4. The fourth-order valence-corrected chi connectivity index (χ4v) is 3.24. The molecule has 0 saturated carbocycles. The van der Waals surface area contributed by atoms with Gasteiger partial charge in [0.1, 0.15) is 0 Å². The van der Waals surface area contributed by atoms with Gasteiger partial charge in [-0.3, -0.25) is 0 Å². The minimum absolute atomic E-state index is 0.413. The van der Waals surface area contributed by atoms with Gasteiger partial charge in [-0.25, -0.2) is 0 Å². The van der Waals surface area contributed by atoms with Gasteiger partial charge in [0.15, 0.2) is 0 Å². The summed E-state index contributed by atoms with van der Waals surface area (Å²) < 4.78 is 0. The lowest BCUT2D eigenvalue weighted by Crippen LogP contribution is -2.45. The maximum absolute atomic E-state index is 6.02. The van der Waals surface area contributed by atoms with E-state index in [1.54, 1.807) is 0 Å². The van der Waals surface area contributed by atoms with Gasteiger partial charge in [-0.2, -0.15) is 0 Å². The van der Waals surface area contributed by atoms with Crippen molar-refractivity contribution in [2.24, 2.45) is 11.7 Å². The first kappa shape index (κ1) is 14.4. The molecule has 1 saturated heterocycles. The number of nitrogens with zero attached hydrogens (tertiary/aromatic N) is 2. The first-order chi connectivity index (χ1) is 8.99. The summed E-state index contributed by atoms with van der Waals surface area (Å²) in [6.45, 7) is 10.7. The molecule has 1 fully saturated rings. The van der Waals surface area contributed by atoms with Gasteiger partial charge in [0, 0.05) is 31.9 Å². The van der Waals surface area contributed by atoms with E-state index < -0.39 is 0 Å². The van der Waals surface area contributed by atoms with Crippen LogP contribution in [-0.2, 0) is 0 Å². The van der Waals surface area contributed by atoms with Crippen molar-refractivity contribution in [3.63, 3.8) is 0 Å². The quantitative estimate of drug-likeness (QED) is 0.884. The molecule has 1 heterocycles. The number of hydrogen-bond donors (Lipinski definition) is 1. The van der Waals surface area contributed by atoms with Crippen LogP contribution >= 0.6 is 0 Å². The molecule has 2 atom stereocenters. The predicted octanol–water partition coefficient (Wildman–Crippen LogP) is 2.02. The minimum atomic E-state index is 0.413. The summed E-state index contributed by atoms with van der Waals surface area (Å²) in [6.07, 6.45) is 0. The summed E-state index contributed by atoms with van der Waals surface area (Å²) in [5.41, 5.74) is 10.0. The fraction of sp³-hybridized carbons (Fsp3) is 0.625. The van der Waals surface area contributed by atoms with E-state index >= 15 is 0 Å². The second-order valence-corrected chi connectivity index (χ2v) is 6.21. The van der Waals surface area contributed by atoms with Gasteiger partial charge >= 0.3 is 0 Å². The summed E-state index contributed by atoms with van der Waals surface area (Å²) in [6, 6.07) is 7.21. The third kappa shape index (κ3) is 3.48. The lowest BCUT2D eigenvalue weighted by molar-refractivity contribution is 0.304. The van der Waals surface area contributed by atoms with Crippen LogP contribution < -0.4 is 10.6 Å². The molecule has 3 heteroatoms. The third-order valence-electron chi connectivity index (χ3n) is 3.91. The molecule has 2 N–H and O–H groups in total. The number of benzene rings is 1. The van der Waals surface area contributed by atoms with Crippen LogP contribution in [0.1, 0.15) is 18.1 Å². The molecule has 0 aliphatic carbocycles. The Morgan fingerprint density at radius 2 is 1.74 bits per heavy atom. The molecule has 19 heavy (non-hydrogen) atoms. The van der Waals surface area contributed by atoms with Crippen molar-refractivity contribution < 1.29 is 0 Å². The van der Waals surface area contributed by atoms with Crippen LogP contribution in [0.4, 0.5) is 5.69 Å². The second kappa shape index (κ2) is 5.93. The molecule has 0 spiro atoms. The third-order valence-corrected chi connectivity index (χ3v) is 3.91. The van der Waals surface area contributed by atoms with Crippen LogP contribution in [0.5, 0.6) is 0 Å². The molecule has 1 aromatic rings. The Morgan fingerprint density at radius 1 is 1.11 bits per heavy atom. The number of anilines is 1. The minimum Gasteiger partial charge on any atom is -0.366 e. The monoisotopic (exact) mass is 261 g/mol. The molecule has 0 amide bonds. The van der Waals surface area contributed by atoms with E-state index in [0.717, 1.165) is 19.6 Å². The zero-order valence-electron chi connectivity index (χ0n) is 12.7. The predicted molar refractivity (Wildman–Crippen MR) is 82.8 cm³/mol. The molecular formula is C16H27N3. The van der Waals surface area contributed by atoms with Gasteiger partial charge in [-0.05, 0) is 50.1 Å². The zero-order valence-corrected chi connectivity index (χ0v) is 12.7. The van der Waals surface area contributed by atoms with Gasteiger partial charge in [0.2, 0.25) is 0 Å². The van der Waals surface area contributed by atoms with Gasteiger partial charge in [-0.1, -0.05) is 13.0 Å². The molecule has 2 rings (SSSR count). The summed E-state index contributed by atoms with van der Waals surface area (Å²) in [7, 11) is 2.20. The molecule has 0 radical (unpaired) electrons. The van der Waals surface area contributed by atoms with Crippen molar-refractivity contribution in [2.45, 2.75) is 26.8 Å². The maximum Gasteiger partial charge on any atom is 0.0539 e. The Labute approximate surface area is 117 Å². The smallest absolute Gasteiger partial charge is 0.0539 e. The highest BCUT2D eigenvalue weighted by molar-refractivity contribution is 5.52. The first-order valence-electron chi connectivity index (χ1n) is 7.23. The van der Waals surface area contributed by atoms with Crippen molar-refractivity contribution >= 4 is 5.69 Å². The van der Waals surface area contributed by atoms with Crippen LogP contribution in [0, 0.1) is 19.8 Å². The van der Waals surface area contributed by atoms with Crippen LogP contribution in [-0.4, -0.2) is 44.2 Å². The highest BCUT2D eigenvalue weighted by Crippen LogP contribution is 2.24. The lowest BCUT2D eigenvalue weighted by atomic mass is 10.1. The van der Waals surface area contributed by atoms with E-state index in [2.05, 4.69) is 55.8 Å². The number of rotatable bonds is 2. The highest BCUT2D eigenvalue weighted by atomic mass is 15.2. The Morgan fingerprint density at radius 3 is 2.32 bits per heavy atom. The molecule has 1 aliphatic rings. The largest absolute Gasteiger partial charge is 0.366 e. The van der Waals surface area contributed by atoms with Gasteiger partial charge in [0.25, 0.3) is 0 Å². The number of likely N-dealkylation sites (N-methyl/N-ethyl adjacent to an activating group) is 1. The van der Waals surface area contributed by atoms with E-state index in [1.165, 1.54) is 16.8 Å². The molecule has 3 nitrogen and oxygen atoms in total. The molecule has 106 valence electrons. The molecule has 1 aliphatic heterocycles. The molecule has 0 bridgehead atoms. The van der Waals surface area contributed by atoms with E-state index in [4.69, 9.17) is 5.73 Å². The fourth-order valence-electron chi connectivity index (χ4n) is 3.24. The van der Waals surface area contributed by atoms with Crippen LogP contribution in [0.15, 0.2) is 18.2 Å². The molecule has 0 aromatic heterocycles. The summed E-state index contributed by atoms with van der Waals surface area (Å²) >= 11 is 0. The van der Waals surface area contributed by atoms with E-state index in [-0.39, 0.29) is 0 Å². The van der Waals surface area contributed by atoms with E-state index in [0.29, 0.717) is 18.5 Å². The van der Waals surface area contributed by atoms with Crippen molar-refractivity contribution in [1.82, 2.24) is 4.90 Å². The molecule has 1 aromatic carbocycles. The summed E-state index contributed by atoms with van der Waals surface area (Å²) in [5, 5.41) is 0. The highest BCUT2D eigenvalue weighted by Gasteiger charge is 2.26. The standard InChI is InChI=1S/C16H27N3/c1-12-5-13(2)7-15(6-12)19-10-14(3)9-18(4)11-16(19)8-17/h5-7,14,16H,8-11,17H2,1-4H3. The second-order valence-electron chi connectivity index (χ2n) is 6.21. The van der Waals surface area contributed by atoms with Crippen molar-refractivity contribution in [1.29, 1.82) is 0 Å². The van der Waals surface area contributed by atoms with Gasteiger partial charge in [0.05, 0.1) is 6.04 Å². The van der Waals surface area contributed by atoms with Crippen molar-refractivity contribution in [2.75, 3.05) is 38.1 Å². The average Bonchev–Trinajstić information content (AvgIpc) is 2.45. The number of nitrogens with two attached hydrogens (primary N) is 1. The van der Waals surface area contributed by atoms with Crippen LogP contribution in [0.2, 0.25) is 0 Å². The van der Waals surface area contributed by atoms with Gasteiger partial charge < -0.3 is 15.5 Å². The zero-order chi connectivity index (χ0) is 14.0.